The number of ether oxygens (including phenoxy) is 1. The molecule has 6 heteroatoms. The van der Waals surface area contributed by atoms with E-state index >= 15 is 0 Å². The van der Waals surface area contributed by atoms with Gasteiger partial charge in [-0.15, -0.1) is 11.3 Å². The Morgan fingerprint density at radius 2 is 1.77 bits per heavy atom. The average molecular weight is 438 g/mol. The van der Waals surface area contributed by atoms with E-state index in [2.05, 4.69) is 5.32 Å². The van der Waals surface area contributed by atoms with Gasteiger partial charge in [0.25, 0.3) is 5.91 Å². The third-order valence-electron chi connectivity index (χ3n) is 4.92. The van der Waals surface area contributed by atoms with Gasteiger partial charge >= 0.3 is 0 Å². The van der Waals surface area contributed by atoms with Crippen LogP contribution < -0.4 is 5.32 Å². The van der Waals surface area contributed by atoms with Crippen LogP contribution in [0.3, 0.4) is 0 Å². The van der Waals surface area contributed by atoms with Crippen LogP contribution in [0.4, 0.5) is 8.78 Å². The molecular formula is C25H21F2NO2S. The van der Waals surface area contributed by atoms with Crippen molar-refractivity contribution >= 4 is 27.3 Å². The molecule has 0 aliphatic carbocycles. The van der Waals surface area contributed by atoms with E-state index in [0.29, 0.717) is 30.7 Å². The summed E-state index contributed by atoms with van der Waals surface area (Å²) >= 11 is 1.59. The normalized spacial score (nSPS) is 11.1. The molecule has 1 amide bonds. The van der Waals surface area contributed by atoms with Crippen LogP contribution in [-0.4, -0.2) is 26.2 Å². The fourth-order valence-corrected chi connectivity index (χ4v) is 4.77. The van der Waals surface area contributed by atoms with Crippen molar-refractivity contribution in [3.63, 3.8) is 0 Å². The third-order valence-corrected chi connectivity index (χ3v) is 6.11. The van der Waals surface area contributed by atoms with Gasteiger partial charge in [0.05, 0.1) is 6.61 Å². The summed E-state index contributed by atoms with van der Waals surface area (Å²) in [6.45, 7) is 0.905. The van der Waals surface area contributed by atoms with Crippen molar-refractivity contribution in [3.05, 3.63) is 94.4 Å². The number of carbonyl (C=O) groups excluding carboxylic acids is 1. The van der Waals surface area contributed by atoms with Crippen molar-refractivity contribution < 1.29 is 18.3 Å². The van der Waals surface area contributed by atoms with Crippen molar-refractivity contribution in [1.82, 2.24) is 5.32 Å². The predicted molar refractivity (Wildman–Crippen MR) is 121 cm³/mol. The first-order valence-electron chi connectivity index (χ1n) is 9.87. The molecule has 3 nitrogen and oxygen atoms in total. The van der Waals surface area contributed by atoms with Crippen LogP contribution in [-0.2, 0) is 11.2 Å². The zero-order valence-electron chi connectivity index (χ0n) is 17.0. The van der Waals surface area contributed by atoms with Gasteiger partial charge in [-0.25, -0.2) is 8.78 Å². The molecule has 3 aromatic carbocycles. The molecule has 0 bridgehead atoms. The zero-order chi connectivity index (χ0) is 21.8. The molecule has 0 atom stereocenters. The Hall–Kier alpha value is -3.09. The van der Waals surface area contributed by atoms with Gasteiger partial charge in [0, 0.05) is 41.3 Å². The van der Waals surface area contributed by atoms with Crippen molar-refractivity contribution in [3.8, 4) is 11.1 Å². The topological polar surface area (TPSA) is 38.3 Å². The minimum absolute atomic E-state index is 0.147. The fraction of sp³-hybridized carbons (Fsp3) is 0.160. The van der Waals surface area contributed by atoms with E-state index in [4.69, 9.17) is 4.74 Å². The van der Waals surface area contributed by atoms with Gasteiger partial charge < -0.3 is 10.1 Å². The van der Waals surface area contributed by atoms with Gasteiger partial charge in [-0.1, -0.05) is 30.3 Å². The monoisotopic (exact) mass is 437 g/mol. The van der Waals surface area contributed by atoms with E-state index < -0.39 is 11.6 Å². The largest absolute Gasteiger partial charge is 0.383 e. The van der Waals surface area contributed by atoms with Gasteiger partial charge in [-0.05, 0) is 52.4 Å². The first kappa shape index (κ1) is 21.2. The number of benzene rings is 3. The predicted octanol–water partition coefficient (Wildman–Crippen LogP) is 5.81. The Morgan fingerprint density at radius 1 is 1.00 bits per heavy atom. The molecule has 1 N–H and O–H groups in total. The molecule has 0 aliphatic rings. The summed E-state index contributed by atoms with van der Waals surface area (Å²) in [5.74, 6) is -1.29. The summed E-state index contributed by atoms with van der Waals surface area (Å²) in [5.41, 5.74) is 3.14. The molecule has 1 aromatic heterocycles. The molecule has 0 saturated heterocycles. The number of halogens is 2. The maximum Gasteiger partial charge on any atom is 0.251 e. The molecule has 0 spiro atoms. The SMILES string of the molecule is COCCNC(=O)c1cccc(-c2cccc3cc(Cc4cc(F)cc(F)c4)sc23)c1. The van der Waals surface area contributed by atoms with Crippen molar-refractivity contribution in [1.29, 1.82) is 0 Å². The Morgan fingerprint density at radius 3 is 2.55 bits per heavy atom. The standard InChI is InChI=1S/C25H21F2NO2S/c1-30-9-8-28-25(29)19-6-2-4-17(13-19)23-7-3-5-18-14-22(31-24(18)23)12-16-10-20(26)15-21(27)11-16/h2-7,10-11,13-15H,8-9,12H2,1H3,(H,28,29). The molecule has 4 rings (SSSR count). The van der Waals surface area contributed by atoms with Gasteiger partial charge in [-0.3, -0.25) is 4.79 Å². The molecular weight excluding hydrogens is 416 g/mol. The highest BCUT2D eigenvalue weighted by atomic mass is 32.1. The van der Waals surface area contributed by atoms with Crippen LogP contribution in [0.2, 0.25) is 0 Å². The fourth-order valence-electron chi connectivity index (χ4n) is 3.54. The number of fused-ring (bicyclic) bond motifs is 1. The van der Waals surface area contributed by atoms with Gasteiger partial charge in [0.1, 0.15) is 11.6 Å². The Labute approximate surface area is 183 Å². The molecule has 0 saturated carbocycles. The lowest BCUT2D eigenvalue weighted by Crippen LogP contribution is -2.26. The second-order valence-corrected chi connectivity index (χ2v) is 8.36. The highest BCUT2D eigenvalue weighted by Crippen LogP contribution is 2.36. The van der Waals surface area contributed by atoms with E-state index in [1.165, 1.54) is 12.1 Å². The average Bonchev–Trinajstić information content (AvgIpc) is 3.15. The van der Waals surface area contributed by atoms with E-state index in [9.17, 15) is 13.6 Å². The van der Waals surface area contributed by atoms with E-state index in [1.807, 2.05) is 42.5 Å². The summed E-state index contributed by atoms with van der Waals surface area (Å²) in [7, 11) is 1.59. The molecule has 0 unspecified atom stereocenters. The summed E-state index contributed by atoms with van der Waals surface area (Å²) in [4.78, 5) is 13.4. The number of rotatable bonds is 7. The Kier molecular flexibility index (Phi) is 6.39. The van der Waals surface area contributed by atoms with E-state index in [-0.39, 0.29) is 5.91 Å². The minimum atomic E-state index is -0.572. The Bertz CT molecular complexity index is 1220. The second kappa shape index (κ2) is 9.37. The summed E-state index contributed by atoms with van der Waals surface area (Å²) in [6, 6.07) is 19.2. The first-order chi connectivity index (χ1) is 15.0. The van der Waals surface area contributed by atoms with E-state index in [1.54, 1.807) is 24.5 Å². The van der Waals surface area contributed by atoms with Gasteiger partial charge in [-0.2, -0.15) is 0 Å². The van der Waals surface area contributed by atoms with Crippen molar-refractivity contribution in [2.24, 2.45) is 0 Å². The lowest BCUT2D eigenvalue weighted by molar-refractivity contribution is 0.0937. The van der Waals surface area contributed by atoms with Crippen LogP contribution in [0.15, 0.2) is 66.7 Å². The Balaban J connectivity index is 1.64. The molecule has 0 radical (unpaired) electrons. The quantitative estimate of drug-likeness (QED) is 0.370. The van der Waals surface area contributed by atoms with Crippen LogP contribution >= 0.6 is 11.3 Å². The van der Waals surface area contributed by atoms with Gasteiger partial charge in [0.2, 0.25) is 0 Å². The summed E-state index contributed by atoms with van der Waals surface area (Å²) < 4.78 is 33.1. The zero-order valence-corrected chi connectivity index (χ0v) is 17.8. The highest BCUT2D eigenvalue weighted by molar-refractivity contribution is 7.19. The number of hydrogen-bond acceptors (Lipinski definition) is 3. The summed E-state index contributed by atoms with van der Waals surface area (Å²) in [6.07, 6.45) is 0.454. The number of amides is 1. The number of methoxy groups -OCH3 is 1. The van der Waals surface area contributed by atoms with E-state index in [0.717, 1.165) is 32.2 Å². The second-order valence-electron chi connectivity index (χ2n) is 7.22. The summed E-state index contributed by atoms with van der Waals surface area (Å²) in [5, 5.41) is 3.89. The van der Waals surface area contributed by atoms with Crippen LogP contribution in [0, 0.1) is 11.6 Å². The van der Waals surface area contributed by atoms with Gasteiger partial charge in [0.15, 0.2) is 0 Å². The van der Waals surface area contributed by atoms with Crippen LogP contribution in [0.1, 0.15) is 20.8 Å². The van der Waals surface area contributed by atoms with Crippen LogP contribution in [0.25, 0.3) is 21.2 Å². The first-order valence-corrected chi connectivity index (χ1v) is 10.7. The number of hydrogen-bond donors (Lipinski definition) is 1. The number of carbonyl (C=O) groups is 1. The number of thiophene rings is 1. The lowest BCUT2D eigenvalue weighted by Gasteiger charge is -2.08. The minimum Gasteiger partial charge on any atom is -0.383 e. The van der Waals surface area contributed by atoms with Crippen molar-refractivity contribution in [2.45, 2.75) is 6.42 Å². The molecule has 158 valence electrons. The maximum absolute atomic E-state index is 13.5. The number of nitrogens with one attached hydrogen (secondary N) is 1. The molecule has 0 aliphatic heterocycles. The molecule has 4 aromatic rings. The molecule has 31 heavy (non-hydrogen) atoms. The molecule has 0 fully saturated rings. The van der Waals surface area contributed by atoms with Crippen molar-refractivity contribution in [2.75, 3.05) is 20.3 Å². The lowest BCUT2D eigenvalue weighted by atomic mass is 10.0. The highest BCUT2D eigenvalue weighted by Gasteiger charge is 2.12. The molecule has 1 heterocycles. The maximum atomic E-state index is 13.5. The van der Waals surface area contributed by atoms with Crippen LogP contribution in [0.5, 0.6) is 0 Å². The third kappa shape index (κ3) is 4.98. The smallest absolute Gasteiger partial charge is 0.251 e.